The van der Waals surface area contributed by atoms with Crippen LogP contribution in [-0.4, -0.2) is 24.9 Å². The van der Waals surface area contributed by atoms with Gasteiger partial charge in [0.15, 0.2) is 0 Å². The van der Waals surface area contributed by atoms with Crippen molar-refractivity contribution in [3.05, 3.63) is 29.8 Å². The van der Waals surface area contributed by atoms with Crippen molar-refractivity contribution in [1.82, 2.24) is 5.32 Å². The van der Waals surface area contributed by atoms with E-state index >= 15 is 0 Å². The van der Waals surface area contributed by atoms with Crippen molar-refractivity contribution < 1.29 is 9.59 Å². The Hall–Kier alpha value is -1.88. The smallest absolute Gasteiger partial charge is 0.251 e. The van der Waals surface area contributed by atoms with Gasteiger partial charge in [-0.15, -0.1) is 0 Å². The molecule has 0 aliphatic rings. The minimum Gasteiger partial charge on any atom is -0.352 e. The minimum atomic E-state index is -0.109. The summed E-state index contributed by atoms with van der Waals surface area (Å²) in [5, 5.41) is 5.53. The molecule has 0 spiro atoms. The van der Waals surface area contributed by atoms with Crippen LogP contribution in [0.2, 0.25) is 0 Å². The lowest BCUT2D eigenvalue weighted by Crippen LogP contribution is -2.22. The van der Waals surface area contributed by atoms with Gasteiger partial charge < -0.3 is 16.4 Å². The lowest BCUT2D eigenvalue weighted by atomic mass is 10.1. The van der Waals surface area contributed by atoms with E-state index in [9.17, 15) is 9.59 Å². The van der Waals surface area contributed by atoms with Gasteiger partial charge in [-0.1, -0.05) is 6.92 Å². The first-order chi connectivity index (χ1) is 9.56. The van der Waals surface area contributed by atoms with Crippen molar-refractivity contribution in [3.63, 3.8) is 0 Å². The number of amides is 2. The lowest BCUT2D eigenvalue weighted by Gasteiger charge is -2.09. The molecule has 0 radical (unpaired) electrons. The highest BCUT2D eigenvalue weighted by molar-refractivity contribution is 5.95. The fraction of sp³-hybridized carbons (Fsp3) is 0.467. The summed E-state index contributed by atoms with van der Waals surface area (Å²) in [5.74, 6) is 0.207. The number of benzene rings is 1. The fourth-order valence-electron chi connectivity index (χ4n) is 1.69. The molecule has 110 valence electrons. The van der Waals surface area contributed by atoms with E-state index in [1.54, 1.807) is 24.3 Å². The Morgan fingerprint density at radius 2 is 1.90 bits per heavy atom. The Balaban J connectivity index is 2.48. The Labute approximate surface area is 119 Å². The van der Waals surface area contributed by atoms with Crippen LogP contribution in [0.3, 0.4) is 0 Å². The van der Waals surface area contributed by atoms with Crippen LogP contribution in [0.25, 0.3) is 0 Å². The third-order valence-corrected chi connectivity index (χ3v) is 3.03. The monoisotopic (exact) mass is 277 g/mol. The largest absolute Gasteiger partial charge is 0.352 e. The number of rotatable bonds is 7. The van der Waals surface area contributed by atoms with Gasteiger partial charge >= 0.3 is 0 Å². The molecule has 1 aromatic rings. The maximum Gasteiger partial charge on any atom is 0.251 e. The summed E-state index contributed by atoms with van der Waals surface area (Å²) in [6.45, 7) is 5.08. The molecule has 0 bridgehead atoms. The first kappa shape index (κ1) is 16.2. The maximum absolute atomic E-state index is 11.7. The van der Waals surface area contributed by atoms with Crippen molar-refractivity contribution in [3.8, 4) is 0 Å². The molecule has 0 aliphatic heterocycles. The molecule has 0 aliphatic carbocycles. The molecule has 0 saturated heterocycles. The summed E-state index contributed by atoms with van der Waals surface area (Å²) < 4.78 is 0. The molecule has 2 amide bonds. The van der Waals surface area contributed by atoms with Gasteiger partial charge in [0, 0.05) is 24.2 Å². The zero-order valence-electron chi connectivity index (χ0n) is 12.1. The lowest BCUT2D eigenvalue weighted by molar-refractivity contribution is -0.116. The number of anilines is 1. The van der Waals surface area contributed by atoms with E-state index in [-0.39, 0.29) is 11.8 Å². The van der Waals surface area contributed by atoms with Crippen LogP contribution in [0.4, 0.5) is 5.69 Å². The van der Waals surface area contributed by atoms with E-state index in [2.05, 4.69) is 10.6 Å². The van der Waals surface area contributed by atoms with Gasteiger partial charge in [-0.2, -0.15) is 0 Å². The first-order valence-electron chi connectivity index (χ1n) is 6.95. The van der Waals surface area contributed by atoms with Crippen molar-refractivity contribution >= 4 is 17.5 Å². The molecule has 0 heterocycles. The normalized spacial score (nSPS) is 11.8. The summed E-state index contributed by atoms with van der Waals surface area (Å²) in [6, 6.07) is 6.86. The van der Waals surface area contributed by atoms with E-state index in [1.165, 1.54) is 0 Å². The number of hydrogen-bond donors (Lipinski definition) is 3. The maximum atomic E-state index is 11.7. The molecule has 1 atom stereocenters. The number of nitrogens with one attached hydrogen (secondary N) is 2. The SMILES string of the molecule is CCNC(=O)c1ccc(NC(=O)CCC(C)CN)cc1. The quantitative estimate of drug-likeness (QED) is 0.710. The van der Waals surface area contributed by atoms with Crippen molar-refractivity contribution in [2.45, 2.75) is 26.7 Å². The molecule has 1 aromatic carbocycles. The molecule has 20 heavy (non-hydrogen) atoms. The van der Waals surface area contributed by atoms with Gasteiger partial charge in [0.05, 0.1) is 0 Å². The highest BCUT2D eigenvalue weighted by Crippen LogP contribution is 2.11. The second-order valence-corrected chi connectivity index (χ2v) is 4.86. The second-order valence-electron chi connectivity index (χ2n) is 4.86. The summed E-state index contributed by atoms with van der Waals surface area (Å²) in [5.41, 5.74) is 6.79. The molecule has 1 rings (SSSR count). The number of carbonyl (C=O) groups excluding carboxylic acids is 2. The average molecular weight is 277 g/mol. The Morgan fingerprint density at radius 3 is 2.45 bits per heavy atom. The molecule has 0 saturated carbocycles. The molecular formula is C15H23N3O2. The van der Waals surface area contributed by atoms with E-state index in [0.717, 1.165) is 6.42 Å². The van der Waals surface area contributed by atoms with Crippen molar-refractivity contribution in [2.24, 2.45) is 11.7 Å². The van der Waals surface area contributed by atoms with Gasteiger partial charge in [0.1, 0.15) is 0 Å². The Morgan fingerprint density at radius 1 is 1.25 bits per heavy atom. The summed E-state index contributed by atoms with van der Waals surface area (Å²) in [4.78, 5) is 23.3. The zero-order valence-corrected chi connectivity index (χ0v) is 12.1. The van der Waals surface area contributed by atoms with Crippen LogP contribution in [-0.2, 0) is 4.79 Å². The van der Waals surface area contributed by atoms with Crippen LogP contribution < -0.4 is 16.4 Å². The molecular weight excluding hydrogens is 254 g/mol. The van der Waals surface area contributed by atoms with Crippen molar-refractivity contribution in [1.29, 1.82) is 0 Å². The van der Waals surface area contributed by atoms with E-state index in [4.69, 9.17) is 5.73 Å². The standard InChI is InChI=1S/C15H23N3O2/c1-3-17-15(20)12-5-7-13(8-6-12)18-14(19)9-4-11(2)10-16/h5-8,11H,3-4,9-10,16H2,1-2H3,(H,17,20)(H,18,19). The van der Waals surface area contributed by atoms with Gasteiger partial charge in [-0.05, 0) is 50.1 Å². The second kappa shape index (κ2) is 8.32. The number of carbonyl (C=O) groups is 2. The minimum absolute atomic E-state index is 0.0314. The van der Waals surface area contributed by atoms with Crippen molar-refractivity contribution in [2.75, 3.05) is 18.4 Å². The predicted octanol–water partition coefficient (Wildman–Crippen LogP) is 1.75. The third-order valence-electron chi connectivity index (χ3n) is 3.03. The number of nitrogens with two attached hydrogens (primary N) is 1. The average Bonchev–Trinajstić information content (AvgIpc) is 2.45. The zero-order chi connectivity index (χ0) is 15.0. The molecule has 0 aromatic heterocycles. The van der Waals surface area contributed by atoms with Crippen LogP contribution in [0.5, 0.6) is 0 Å². The van der Waals surface area contributed by atoms with Crippen LogP contribution in [0, 0.1) is 5.92 Å². The highest BCUT2D eigenvalue weighted by atomic mass is 16.2. The van der Waals surface area contributed by atoms with Crippen LogP contribution >= 0.6 is 0 Å². The predicted molar refractivity (Wildman–Crippen MR) is 80.5 cm³/mol. The van der Waals surface area contributed by atoms with Crippen LogP contribution in [0.15, 0.2) is 24.3 Å². The fourth-order valence-corrected chi connectivity index (χ4v) is 1.69. The van der Waals surface area contributed by atoms with Gasteiger partial charge in [-0.25, -0.2) is 0 Å². The molecule has 0 fully saturated rings. The summed E-state index contributed by atoms with van der Waals surface area (Å²) in [7, 11) is 0. The topological polar surface area (TPSA) is 84.2 Å². The molecule has 4 N–H and O–H groups in total. The van der Waals surface area contributed by atoms with Gasteiger partial charge in [0.2, 0.25) is 5.91 Å². The van der Waals surface area contributed by atoms with Gasteiger partial charge in [-0.3, -0.25) is 9.59 Å². The van der Waals surface area contributed by atoms with E-state index < -0.39 is 0 Å². The third kappa shape index (κ3) is 5.40. The van der Waals surface area contributed by atoms with Crippen LogP contribution in [0.1, 0.15) is 37.0 Å². The molecule has 1 unspecified atom stereocenters. The van der Waals surface area contributed by atoms with Gasteiger partial charge in [0.25, 0.3) is 5.91 Å². The van der Waals surface area contributed by atoms with E-state index in [0.29, 0.717) is 36.7 Å². The highest BCUT2D eigenvalue weighted by Gasteiger charge is 2.07. The first-order valence-corrected chi connectivity index (χ1v) is 6.95. The summed E-state index contributed by atoms with van der Waals surface area (Å²) >= 11 is 0. The number of hydrogen-bond acceptors (Lipinski definition) is 3. The Bertz CT molecular complexity index is 443. The Kier molecular flexibility index (Phi) is 6.73. The van der Waals surface area contributed by atoms with E-state index in [1.807, 2.05) is 13.8 Å². The molecule has 5 heteroatoms. The summed E-state index contributed by atoms with van der Waals surface area (Å²) in [6.07, 6.45) is 1.23. The molecule has 5 nitrogen and oxygen atoms in total.